The van der Waals surface area contributed by atoms with Gasteiger partial charge in [0.2, 0.25) is 0 Å². The molecule has 0 fully saturated rings. The van der Waals surface area contributed by atoms with Gasteiger partial charge in [0.25, 0.3) is 0 Å². The van der Waals surface area contributed by atoms with Crippen LogP contribution in [0.25, 0.3) is 0 Å². The first kappa shape index (κ1) is 9.01. The van der Waals surface area contributed by atoms with Gasteiger partial charge in [0.1, 0.15) is 5.60 Å². The van der Waals surface area contributed by atoms with Gasteiger partial charge >= 0.3 is 6.16 Å². The highest BCUT2D eigenvalue weighted by Gasteiger charge is 2.18. The van der Waals surface area contributed by atoms with E-state index in [4.69, 9.17) is 4.74 Å². The Morgan fingerprint density at radius 3 is 2.40 bits per heavy atom. The summed E-state index contributed by atoms with van der Waals surface area (Å²) in [5.74, 6) is 0. The largest absolute Gasteiger partial charge is 0.508 e. The summed E-state index contributed by atoms with van der Waals surface area (Å²) < 4.78 is 9.04. The topological polar surface area (TPSA) is 35.5 Å². The minimum atomic E-state index is -0.690. The minimum absolute atomic E-state index is 0.646. The van der Waals surface area contributed by atoms with Crippen LogP contribution in [0.2, 0.25) is 0 Å². The summed E-state index contributed by atoms with van der Waals surface area (Å²) in [6, 6.07) is 0. The average Bonchev–Trinajstić information content (AvgIpc) is 1.87. The highest BCUT2D eigenvalue weighted by molar-refractivity contribution is 5.60. The normalized spacial score (nSPS) is 10.3. The quantitative estimate of drug-likeness (QED) is 0.437. The second-order valence-corrected chi connectivity index (χ2v) is 2.36. The van der Waals surface area contributed by atoms with Crippen molar-refractivity contribution in [2.75, 3.05) is 7.11 Å². The molecule has 0 saturated carbocycles. The molecular formula is C7H12O3. The van der Waals surface area contributed by atoms with Gasteiger partial charge in [0.15, 0.2) is 0 Å². The molecule has 3 nitrogen and oxygen atoms in total. The highest BCUT2D eigenvalue weighted by atomic mass is 16.7. The lowest BCUT2D eigenvalue weighted by Crippen LogP contribution is -2.24. The average molecular weight is 144 g/mol. The molecule has 0 unspecified atom stereocenters. The van der Waals surface area contributed by atoms with E-state index >= 15 is 0 Å². The number of methoxy groups -OCH3 is 1. The summed E-state index contributed by atoms with van der Waals surface area (Å²) in [5.41, 5.74) is -0.646. The van der Waals surface area contributed by atoms with Crippen molar-refractivity contribution in [3.05, 3.63) is 12.7 Å². The maximum absolute atomic E-state index is 10.5. The molecule has 0 heterocycles. The first-order chi connectivity index (χ1) is 4.52. The van der Waals surface area contributed by atoms with Crippen LogP contribution in [-0.4, -0.2) is 18.9 Å². The van der Waals surface area contributed by atoms with Crippen molar-refractivity contribution in [2.24, 2.45) is 0 Å². The van der Waals surface area contributed by atoms with Crippen LogP contribution in [0.4, 0.5) is 4.79 Å². The molecule has 0 rings (SSSR count). The van der Waals surface area contributed by atoms with E-state index in [9.17, 15) is 4.79 Å². The van der Waals surface area contributed by atoms with Gasteiger partial charge in [-0.15, -0.1) is 0 Å². The smallest absolute Gasteiger partial charge is 0.438 e. The summed E-state index contributed by atoms with van der Waals surface area (Å²) in [5, 5.41) is 0. The molecule has 0 radical (unpaired) electrons. The van der Waals surface area contributed by atoms with Gasteiger partial charge in [0, 0.05) is 0 Å². The molecule has 0 aliphatic rings. The predicted octanol–water partition coefficient (Wildman–Crippen LogP) is 1.73. The number of ether oxygens (including phenoxy) is 2. The Morgan fingerprint density at radius 2 is 2.10 bits per heavy atom. The lowest BCUT2D eigenvalue weighted by molar-refractivity contribution is 0.0178. The number of hydrogen-bond acceptors (Lipinski definition) is 3. The SMILES string of the molecule is C=CC(C)(C)OC(=O)OC. The zero-order valence-electron chi connectivity index (χ0n) is 6.51. The minimum Gasteiger partial charge on any atom is -0.438 e. The van der Waals surface area contributed by atoms with Gasteiger partial charge in [0.05, 0.1) is 7.11 Å². The Morgan fingerprint density at radius 1 is 1.60 bits per heavy atom. The maximum atomic E-state index is 10.5. The Balaban J connectivity index is 3.88. The van der Waals surface area contributed by atoms with E-state index < -0.39 is 11.8 Å². The van der Waals surface area contributed by atoms with Crippen molar-refractivity contribution in [2.45, 2.75) is 19.4 Å². The van der Waals surface area contributed by atoms with Crippen LogP contribution in [0, 0.1) is 0 Å². The molecule has 58 valence electrons. The van der Waals surface area contributed by atoms with E-state index in [1.54, 1.807) is 13.8 Å². The summed E-state index contributed by atoms with van der Waals surface area (Å²) in [4.78, 5) is 10.5. The molecule has 0 spiro atoms. The summed E-state index contributed by atoms with van der Waals surface area (Å²) in [6.07, 6.45) is 0.842. The van der Waals surface area contributed by atoms with Crippen LogP contribution in [0.1, 0.15) is 13.8 Å². The van der Waals surface area contributed by atoms with Crippen molar-refractivity contribution >= 4 is 6.16 Å². The van der Waals surface area contributed by atoms with Crippen molar-refractivity contribution in [1.29, 1.82) is 0 Å². The van der Waals surface area contributed by atoms with E-state index in [-0.39, 0.29) is 0 Å². The fraction of sp³-hybridized carbons (Fsp3) is 0.571. The van der Waals surface area contributed by atoms with Crippen LogP contribution in [0.5, 0.6) is 0 Å². The molecule has 0 atom stereocenters. The Hall–Kier alpha value is -0.990. The van der Waals surface area contributed by atoms with Crippen molar-refractivity contribution in [3.63, 3.8) is 0 Å². The van der Waals surface area contributed by atoms with Crippen LogP contribution in [0.3, 0.4) is 0 Å². The lowest BCUT2D eigenvalue weighted by Gasteiger charge is -2.18. The first-order valence-electron chi connectivity index (χ1n) is 2.92. The van der Waals surface area contributed by atoms with E-state index in [1.165, 1.54) is 13.2 Å². The third-order valence-corrected chi connectivity index (χ3v) is 1.00. The molecule has 0 N–H and O–H groups in total. The fourth-order valence-corrected chi connectivity index (χ4v) is 0.298. The molecule has 0 aliphatic heterocycles. The Labute approximate surface area is 60.6 Å². The monoisotopic (exact) mass is 144 g/mol. The predicted molar refractivity (Wildman–Crippen MR) is 37.8 cm³/mol. The number of carbonyl (C=O) groups is 1. The van der Waals surface area contributed by atoms with E-state index in [0.717, 1.165) is 0 Å². The number of hydrogen-bond donors (Lipinski definition) is 0. The molecule has 0 aromatic rings. The molecular weight excluding hydrogens is 132 g/mol. The molecule has 3 heteroatoms. The van der Waals surface area contributed by atoms with Crippen molar-refractivity contribution in [1.82, 2.24) is 0 Å². The Kier molecular flexibility index (Phi) is 2.93. The third-order valence-electron chi connectivity index (χ3n) is 1.00. The first-order valence-corrected chi connectivity index (χ1v) is 2.92. The summed E-state index contributed by atoms with van der Waals surface area (Å²) in [7, 11) is 1.27. The highest BCUT2D eigenvalue weighted by Crippen LogP contribution is 2.10. The van der Waals surface area contributed by atoms with E-state index in [1.807, 2.05) is 0 Å². The van der Waals surface area contributed by atoms with Gasteiger partial charge in [-0.25, -0.2) is 4.79 Å². The van der Waals surface area contributed by atoms with Gasteiger partial charge < -0.3 is 9.47 Å². The van der Waals surface area contributed by atoms with Gasteiger partial charge in [-0.05, 0) is 19.9 Å². The fourth-order valence-electron chi connectivity index (χ4n) is 0.298. The van der Waals surface area contributed by atoms with Gasteiger partial charge in [-0.1, -0.05) is 6.58 Å². The summed E-state index contributed by atoms with van der Waals surface area (Å²) in [6.45, 7) is 6.93. The molecule has 0 aliphatic carbocycles. The molecule has 0 aromatic carbocycles. The Bertz CT molecular complexity index is 138. The molecule has 0 saturated heterocycles. The summed E-state index contributed by atoms with van der Waals surface area (Å²) >= 11 is 0. The van der Waals surface area contributed by atoms with Gasteiger partial charge in [-0.3, -0.25) is 0 Å². The number of carbonyl (C=O) groups excluding carboxylic acids is 1. The van der Waals surface area contributed by atoms with Crippen LogP contribution in [0.15, 0.2) is 12.7 Å². The number of rotatable bonds is 2. The van der Waals surface area contributed by atoms with Crippen LogP contribution in [-0.2, 0) is 9.47 Å². The van der Waals surface area contributed by atoms with E-state index in [0.29, 0.717) is 0 Å². The lowest BCUT2D eigenvalue weighted by atomic mass is 10.1. The molecule has 0 bridgehead atoms. The molecule has 0 amide bonds. The maximum Gasteiger partial charge on any atom is 0.508 e. The van der Waals surface area contributed by atoms with Crippen molar-refractivity contribution < 1.29 is 14.3 Å². The second kappa shape index (κ2) is 3.25. The van der Waals surface area contributed by atoms with Gasteiger partial charge in [-0.2, -0.15) is 0 Å². The third kappa shape index (κ3) is 3.12. The van der Waals surface area contributed by atoms with Crippen molar-refractivity contribution in [3.8, 4) is 0 Å². The zero-order chi connectivity index (χ0) is 8.20. The standard InChI is InChI=1S/C7H12O3/c1-5-7(2,3)10-6(8)9-4/h5H,1H2,2-4H3. The second-order valence-electron chi connectivity index (χ2n) is 2.36. The molecule has 10 heavy (non-hydrogen) atoms. The molecule has 0 aromatic heterocycles. The zero-order valence-corrected chi connectivity index (χ0v) is 6.51. The van der Waals surface area contributed by atoms with E-state index in [2.05, 4.69) is 11.3 Å². The van der Waals surface area contributed by atoms with Crippen LogP contribution >= 0.6 is 0 Å². The van der Waals surface area contributed by atoms with Crippen LogP contribution < -0.4 is 0 Å².